The number of fused-ring (bicyclic) bond motifs is 1. The molecule has 0 fully saturated rings. The molecule has 4 N–H and O–H groups in total. The zero-order chi connectivity index (χ0) is 13.0. The quantitative estimate of drug-likeness (QED) is 0.684. The summed E-state index contributed by atoms with van der Waals surface area (Å²) in [6.07, 6.45) is 1.80. The maximum absolute atomic E-state index is 8.93. The van der Waals surface area contributed by atoms with Crippen molar-refractivity contribution in [3.63, 3.8) is 0 Å². The molecular weight excluding hydrogens is 230 g/mol. The van der Waals surface area contributed by atoms with Crippen LogP contribution in [-0.4, -0.2) is 23.2 Å². The zero-order valence-corrected chi connectivity index (χ0v) is 10.5. The molecule has 18 heavy (non-hydrogen) atoms. The van der Waals surface area contributed by atoms with Crippen LogP contribution in [0.1, 0.15) is 19.8 Å². The second-order valence-electron chi connectivity index (χ2n) is 4.41. The highest BCUT2D eigenvalue weighted by Crippen LogP contribution is 2.21. The van der Waals surface area contributed by atoms with Crippen molar-refractivity contribution in [1.29, 1.82) is 0 Å². The van der Waals surface area contributed by atoms with Gasteiger partial charge in [0.15, 0.2) is 5.58 Å². The maximum Gasteiger partial charge on any atom is 0.295 e. The Labute approximate surface area is 106 Å². The summed E-state index contributed by atoms with van der Waals surface area (Å²) >= 11 is 0. The highest BCUT2D eigenvalue weighted by atomic mass is 16.4. The van der Waals surface area contributed by atoms with E-state index in [1.54, 1.807) is 12.1 Å². The summed E-state index contributed by atoms with van der Waals surface area (Å²) in [5, 5.41) is 12.1. The third-order valence-electron chi connectivity index (χ3n) is 3.07. The fraction of sp³-hybridized carbons (Fsp3) is 0.462. The third-order valence-corrected chi connectivity index (χ3v) is 3.07. The van der Waals surface area contributed by atoms with Gasteiger partial charge in [-0.2, -0.15) is 4.98 Å². The van der Waals surface area contributed by atoms with Crippen LogP contribution in [0.2, 0.25) is 0 Å². The number of aliphatic hydroxyl groups is 1. The minimum absolute atomic E-state index is 0.213. The predicted molar refractivity (Wildman–Crippen MR) is 72.4 cm³/mol. The minimum Gasteiger partial charge on any atom is -0.423 e. The Kier molecular flexibility index (Phi) is 4.04. The molecule has 0 bridgehead atoms. The van der Waals surface area contributed by atoms with Gasteiger partial charge in [-0.15, -0.1) is 0 Å². The maximum atomic E-state index is 8.93. The van der Waals surface area contributed by atoms with Crippen LogP contribution in [0.25, 0.3) is 11.1 Å². The summed E-state index contributed by atoms with van der Waals surface area (Å²) in [5.74, 6) is 0.426. The van der Waals surface area contributed by atoms with E-state index in [-0.39, 0.29) is 6.61 Å². The Morgan fingerprint density at radius 3 is 3.06 bits per heavy atom. The van der Waals surface area contributed by atoms with Crippen LogP contribution in [0, 0.1) is 5.92 Å². The first-order chi connectivity index (χ1) is 8.72. The molecule has 5 nitrogen and oxygen atoms in total. The summed E-state index contributed by atoms with van der Waals surface area (Å²) in [7, 11) is 0. The Morgan fingerprint density at radius 2 is 2.33 bits per heavy atom. The minimum atomic E-state index is 0.213. The van der Waals surface area contributed by atoms with Crippen LogP contribution >= 0.6 is 0 Å². The van der Waals surface area contributed by atoms with Gasteiger partial charge in [-0.05, 0) is 24.5 Å². The molecule has 98 valence electrons. The summed E-state index contributed by atoms with van der Waals surface area (Å²) < 4.78 is 5.56. The molecule has 0 radical (unpaired) electrons. The number of hydrogen-bond donors (Lipinski definition) is 3. The number of aliphatic hydroxyl groups excluding tert-OH is 1. The van der Waals surface area contributed by atoms with Crippen LogP contribution in [0.4, 0.5) is 11.7 Å². The van der Waals surface area contributed by atoms with E-state index in [2.05, 4.69) is 17.2 Å². The number of nitrogens with one attached hydrogen (secondary N) is 1. The van der Waals surface area contributed by atoms with E-state index in [9.17, 15) is 0 Å². The average Bonchev–Trinajstić information content (AvgIpc) is 2.76. The van der Waals surface area contributed by atoms with E-state index in [1.807, 2.05) is 6.07 Å². The molecule has 1 atom stereocenters. The lowest BCUT2D eigenvalue weighted by Crippen LogP contribution is -2.15. The van der Waals surface area contributed by atoms with Gasteiger partial charge in [-0.1, -0.05) is 13.3 Å². The van der Waals surface area contributed by atoms with Crippen LogP contribution in [0.5, 0.6) is 0 Å². The molecule has 1 aromatic carbocycles. The molecule has 0 aliphatic carbocycles. The van der Waals surface area contributed by atoms with Crippen molar-refractivity contribution in [2.45, 2.75) is 19.8 Å². The zero-order valence-electron chi connectivity index (χ0n) is 10.5. The molecule has 1 aromatic heterocycles. The van der Waals surface area contributed by atoms with Gasteiger partial charge in [-0.25, -0.2) is 0 Å². The second-order valence-corrected chi connectivity index (χ2v) is 4.41. The number of benzene rings is 1. The number of hydrogen-bond acceptors (Lipinski definition) is 5. The number of oxazole rings is 1. The topological polar surface area (TPSA) is 84.3 Å². The Hall–Kier alpha value is -1.75. The Morgan fingerprint density at radius 1 is 1.50 bits per heavy atom. The largest absolute Gasteiger partial charge is 0.423 e. The second kappa shape index (κ2) is 5.73. The standard InChI is InChI=1S/C13H19N3O2/c1-2-9(5-6-17)8-15-13-16-11-4-3-10(14)7-12(11)18-13/h3-4,7,9,17H,2,5-6,8,14H2,1H3,(H,15,16). The SMILES string of the molecule is CCC(CCO)CNc1nc2ccc(N)cc2o1. The summed E-state index contributed by atoms with van der Waals surface area (Å²) in [6.45, 7) is 3.07. The summed E-state index contributed by atoms with van der Waals surface area (Å²) in [6, 6.07) is 5.91. The molecule has 0 spiro atoms. The van der Waals surface area contributed by atoms with Gasteiger partial charge in [0.1, 0.15) is 5.52 Å². The van der Waals surface area contributed by atoms with E-state index < -0.39 is 0 Å². The fourth-order valence-electron chi connectivity index (χ4n) is 1.88. The number of nitrogens with two attached hydrogens (primary N) is 1. The van der Waals surface area contributed by atoms with E-state index in [4.69, 9.17) is 15.3 Å². The van der Waals surface area contributed by atoms with Crippen LogP contribution < -0.4 is 11.1 Å². The summed E-state index contributed by atoms with van der Waals surface area (Å²) in [4.78, 5) is 4.32. The third kappa shape index (κ3) is 2.92. The van der Waals surface area contributed by atoms with Crippen molar-refractivity contribution in [3.05, 3.63) is 18.2 Å². The fourth-order valence-corrected chi connectivity index (χ4v) is 1.88. The lowest BCUT2D eigenvalue weighted by molar-refractivity contribution is 0.258. The van der Waals surface area contributed by atoms with Gasteiger partial charge in [0.05, 0.1) is 0 Å². The lowest BCUT2D eigenvalue weighted by Gasteiger charge is -2.12. The van der Waals surface area contributed by atoms with Gasteiger partial charge < -0.3 is 20.6 Å². The van der Waals surface area contributed by atoms with Crippen molar-refractivity contribution in [2.75, 3.05) is 24.2 Å². The molecular formula is C13H19N3O2. The summed E-state index contributed by atoms with van der Waals surface area (Å²) in [5.41, 5.74) is 7.83. The first-order valence-corrected chi connectivity index (χ1v) is 6.23. The number of aromatic nitrogens is 1. The monoisotopic (exact) mass is 249 g/mol. The molecule has 0 saturated carbocycles. The van der Waals surface area contributed by atoms with Gasteiger partial charge >= 0.3 is 0 Å². The molecule has 0 saturated heterocycles. The number of nitrogen functional groups attached to an aromatic ring is 1. The van der Waals surface area contributed by atoms with Crippen LogP contribution in [0.3, 0.4) is 0 Å². The van der Waals surface area contributed by atoms with Crippen molar-refractivity contribution in [1.82, 2.24) is 4.98 Å². The van der Waals surface area contributed by atoms with E-state index >= 15 is 0 Å². The van der Waals surface area contributed by atoms with Gasteiger partial charge in [0, 0.05) is 24.9 Å². The lowest BCUT2D eigenvalue weighted by atomic mass is 10.0. The highest BCUT2D eigenvalue weighted by molar-refractivity contribution is 5.78. The van der Waals surface area contributed by atoms with Gasteiger partial charge in [0.2, 0.25) is 0 Å². The van der Waals surface area contributed by atoms with Gasteiger partial charge in [0.25, 0.3) is 6.01 Å². The first-order valence-electron chi connectivity index (χ1n) is 6.23. The van der Waals surface area contributed by atoms with Crippen LogP contribution in [0.15, 0.2) is 22.6 Å². The Bertz CT molecular complexity index is 510. The van der Waals surface area contributed by atoms with Crippen LogP contribution in [-0.2, 0) is 0 Å². The number of anilines is 2. The number of nitrogens with zero attached hydrogens (tertiary/aromatic N) is 1. The van der Waals surface area contributed by atoms with Gasteiger partial charge in [-0.3, -0.25) is 0 Å². The van der Waals surface area contributed by atoms with E-state index in [0.717, 1.165) is 24.9 Å². The molecule has 1 unspecified atom stereocenters. The normalized spacial score (nSPS) is 12.8. The Balaban J connectivity index is 2.03. The molecule has 0 aliphatic rings. The molecule has 0 aliphatic heterocycles. The smallest absolute Gasteiger partial charge is 0.295 e. The highest BCUT2D eigenvalue weighted by Gasteiger charge is 2.09. The molecule has 2 rings (SSSR count). The van der Waals surface area contributed by atoms with Crippen molar-refractivity contribution in [2.24, 2.45) is 5.92 Å². The molecule has 2 aromatic rings. The van der Waals surface area contributed by atoms with E-state index in [0.29, 0.717) is 23.2 Å². The van der Waals surface area contributed by atoms with Crippen molar-refractivity contribution in [3.8, 4) is 0 Å². The van der Waals surface area contributed by atoms with Crippen molar-refractivity contribution < 1.29 is 9.52 Å². The average molecular weight is 249 g/mol. The van der Waals surface area contributed by atoms with Crippen molar-refractivity contribution >= 4 is 22.8 Å². The molecule has 1 heterocycles. The van der Waals surface area contributed by atoms with E-state index in [1.165, 1.54) is 0 Å². The first kappa shape index (κ1) is 12.7. The molecule has 0 amide bonds. The number of rotatable bonds is 6. The molecule has 5 heteroatoms. The predicted octanol–water partition coefficient (Wildman–Crippen LogP) is 2.23.